The first-order chi connectivity index (χ1) is 11.9. The van der Waals surface area contributed by atoms with Crippen molar-refractivity contribution in [2.45, 2.75) is 64.8 Å². The first kappa shape index (κ1) is 18.4. The van der Waals surface area contributed by atoms with E-state index in [9.17, 15) is 4.79 Å². The Morgan fingerprint density at radius 2 is 1.56 bits per heavy atom. The first-order valence-corrected chi connectivity index (χ1v) is 10.0. The third-order valence-corrected chi connectivity index (χ3v) is 5.83. The lowest BCUT2D eigenvalue weighted by Gasteiger charge is -2.35. The normalized spacial score (nSPS) is 20.7. The SMILES string of the molecule is CC(C)(C)c1ccc(CN2CCC(C(=O)N3CCCCC3)CC2)cc1. The maximum absolute atomic E-state index is 12.7. The molecule has 1 amide bonds. The molecule has 0 radical (unpaired) electrons. The van der Waals surface area contributed by atoms with Crippen molar-refractivity contribution in [1.82, 2.24) is 9.80 Å². The summed E-state index contributed by atoms with van der Waals surface area (Å²) in [5.74, 6) is 0.687. The Labute approximate surface area is 153 Å². The maximum atomic E-state index is 12.7. The second-order valence-corrected chi connectivity index (χ2v) is 8.88. The molecule has 0 unspecified atom stereocenters. The molecule has 1 aromatic rings. The molecular formula is C22H34N2O. The highest BCUT2D eigenvalue weighted by atomic mass is 16.2. The lowest BCUT2D eigenvalue weighted by atomic mass is 9.86. The minimum absolute atomic E-state index is 0.214. The molecule has 3 nitrogen and oxygen atoms in total. The van der Waals surface area contributed by atoms with E-state index in [0.717, 1.165) is 45.6 Å². The summed E-state index contributed by atoms with van der Waals surface area (Å²) in [5, 5.41) is 0. The smallest absolute Gasteiger partial charge is 0.225 e. The van der Waals surface area contributed by atoms with Crippen molar-refractivity contribution in [2.24, 2.45) is 5.92 Å². The number of hydrogen-bond acceptors (Lipinski definition) is 2. The zero-order valence-corrected chi connectivity index (χ0v) is 16.3. The number of likely N-dealkylation sites (tertiary alicyclic amines) is 2. The summed E-state index contributed by atoms with van der Waals surface area (Å²) < 4.78 is 0. The van der Waals surface area contributed by atoms with Crippen molar-refractivity contribution < 1.29 is 4.79 Å². The molecule has 25 heavy (non-hydrogen) atoms. The molecular weight excluding hydrogens is 308 g/mol. The molecule has 3 heteroatoms. The first-order valence-electron chi connectivity index (χ1n) is 10.0. The zero-order chi connectivity index (χ0) is 17.9. The average Bonchev–Trinajstić information content (AvgIpc) is 2.62. The fraction of sp³-hybridized carbons (Fsp3) is 0.682. The Morgan fingerprint density at radius 1 is 0.960 bits per heavy atom. The molecule has 3 rings (SSSR count). The van der Waals surface area contributed by atoms with Gasteiger partial charge in [-0.15, -0.1) is 0 Å². The second kappa shape index (κ2) is 7.90. The Morgan fingerprint density at radius 3 is 2.12 bits per heavy atom. The van der Waals surface area contributed by atoms with Crippen molar-refractivity contribution in [2.75, 3.05) is 26.2 Å². The highest BCUT2D eigenvalue weighted by molar-refractivity contribution is 5.79. The molecule has 0 aromatic heterocycles. The molecule has 2 saturated heterocycles. The van der Waals surface area contributed by atoms with E-state index < -0.39 is 0 Å². The van der Waals surface area contributed by atoms with Crippen LogP contribution in [0.25, 0.3) is 0 Å². The number of carbonyl (C=O) groups is 1. The molecule has 1 aromatic carbocycles. The monoisotopic (exact) mass is 342 g/mol. The average molecular weight is 343 g/mol. The van der Waals surface area contributed by atoms with E-state index in [1.165, 1.54) is 30.4 Å². The van der Waals surface area contributed by atoms with Gasteiger partial charge in [0.05, 0.1) is 0 Å². The van der Waals surface area contributed by atoms with Crippen LogP contribution in [0.2, 0.25) is 0 Å². The van der Waals surface area contributed by atoms with Crippen LogP contribution in [0.3, 0.4) is 0 Å². The number of benzene rings is 1. The highest BCUT2D eigenvalue weighted by Gasteiger charge is 2.29. The highest BCUT2D eigenvalue weighted by Crippen LogP contribution is 2.25. The zero-order valence-electron chi connectivity index (χ0n) is 16.3. The van der Waals surface area contributed by atoms with Gasteiger partial charge in [-0.2, -0.15) is 0 Å². The van der Waals surface area contributed by atoms with Gasteiger partial charge in [0.25, 0.3) is 0 Å². The van der Waals surface area contributed by atoms with Crippen LogP contribution in [-0.2, 0) is 16.8 Å². The van der Waals surface area contributed by atoms with Crippen LogP contribution in [0.5, 0.6) is 0 Å². The number of hydrogen-bond donors (Lipinski definition) is 0. The van der Waals surface area contributed by atoms with Crippen LogP contribution in [0.4, 0.5) is 0 Å². The van der Waals surface area contributed by atoms with Crippen molar-refractivity contribution in [1.29, 1.82) is 0 Å². The van der Waals surface area contributed by atoms with E-state index in [1.54, 1.807) is 0 Å². The molecule has 2 heterocycles. The van der Waals surface area contributed by atoms with Gasteiger partial charge in [0.2, 0.25) is 5.91 Å². The van der Waals surface area contributed by atoms with Gasteiger partial charge in [-0.25, -0.2) is 0 Å². The van der Waals surface area contributed by atoms with Crippen molar-refractivity contribution in [3.63, 3.8) is 0 Å². The quantitative estimate of drug-likeness (QED) is 0.821. The Hall–Kier alpha value is -1.35. The van der Waals surface area contributed by atoms with Crippen LogP contribution in [-0.4, -0.2) is 41.9 Å². The summed E-state index contributed by atoms with van der Waals surface area (Å²) in [7, 11) is 0. The second-order valence-electron chi connectivity index (χ2n) is 8.88. The number of rotatable bonds is 3. The Balaban J connectivity index is 1.48. The van der Waals surface area contributed by atoms with Gasteiger partial charge >= 0.3 is 0 Å². The standard InChI is InChI=1S/C22H34N2O/c1-22(2,3)20-9-7-18(8-10-20)17-23-15-11-19(12-16-23)21(25)24-13-5-4-6-14-24/h7-10,19H,4-6,11-17H2,1-3H3. The topological polar surface area (TPSA) is 23.6 Å². The van der Waals surface area contributed by atoms with E-state index in [-0.39, 0.29) is 11.3 Å². The van der Waals surface area contributed by atoms with Crippen LogP contribution >= 0.6 is 0 Å². The third-order valence-electron chi connectivity index (χ3n) is 5.83. The maximum Gasteiger partial charge on any atom is 0.225 e. The summed E-state index contributed by atoms with van der Waals surface area (Å²) >= 11 is 0. The summed E-state index contributed by atoms with van der Waals surface area (Å²) in [6.45, 7) is 11.8. The number of carbonyl (C=O) groups excluding carboxylic acids is 1. The van der Waals surface area contributed by atoms with E-state index in [0.29, 0.717) is 5.91 Å². The predicted octanol–water partition coefficient (Wildman–Crippen LogP) is 4.21. The summed E-state index contributed by atoms with van der Waals surface area (Å²) in [4.78, 5) is 17.3. The molecule has 0 atom stereocenters. The van der Waals surface area contributed by atoms with Crippen molar-refractivity contribution >= 4 is 5.91 Å². The molecule has 2 aliphatic rings. The molecule has 0 spiro atoms. The van der Waals surface area contributed by atoms with Gasteiger partial charge in [0.1, 0.15) is 0 Å². The van der Waals surface area contributed by atoms with Crippen molar-refractivity contribution in [3.05, 3.63) is 35.4 Å². The molecule has 0 bridgehead atoms. The minimum atomic E-state index is 0.214. The van der Waals surface area contributed by atoms with Gasteiger partial charge in [-0.05, 0) is 61.7 Å². The summed E-state index contributed by atoms with van der Waals surface area (Å²) in [5.41, 5.74) is 2.99. The predicted molar refractivity (Wildman–Crippen MR) is 104 cm³/mol. The fourth-order valence-electron chi connectivity index (χ4n) is 4.08. The van der Waals surface area contributed by atoms with Gasteiger partial charge < -0.3 is 4.90 Å². The third kappa shape index (κ3) is 4.84. The van der Waals surface area contributed by atoms with Crippen LogP contribution < -0.4 is 0 Å². The number of nitrogens with zero attached hydrogens (tertiary/aromatic N) is 2. The van der Waals surface area contributed by atoms with Gasteiger partial charge in [-0.3, -0.25) is 9.69 Å². The lowest BCUT2D eigenvalue weighted by molar-refractivity contribution is -0.138. The van der Waals surface area contributed by atoms with Gasteiger partial charge in [0, 0.05) is 25.6 Å². The lowest BCUT2D eigenvalue weighted by Crippen LogP contribution is -2.44. The van der Waals surface area contributed by atoms with E-state index in [4.69, 9.17) is 0 Å². The largest absolute Gasteiger partial charge is 0.342 e. The molecule has 0 saturated carbocycles. The summed E-state index contributed by atoms with van der Waals surface area (Å²) in [6.07, 6.45) is 5.71. The summed E-state index contributed by atoms with van der Waals surface area (Å²) in [6, 6.07) is 9.07. The molecule has 0 aliphatic carbocycles. The minimum Gasteiger partial charge on any atom is -0.342 e. The molecule has 138 valence electrons. The van der Waals surface area contributed by atoms with Crippen LogP contribution in [0, 0.1) is 5.92 Å². The molecule has 2 aliphatic heterocycles. The van der Waals surface area contributed by atoms with Crippen LogP contribution in [0.15, 0.2) is 24.3 Å². The molecule has 2 fully saturated rings. The number of amides is 1. The van der Waals surface area contributed by atoms with Crippen molar-refractivity contribution in [3.8, 4) is 0 Å². The van der Waals surface area contributed by atoms with E-state index in [1.807, 2.05) is 0 Å². The van der Waals surface area contributed by atoms with E-state index >= 15 is 0 Å². The Kier molecular flexibility index (Phi) is 5.83. The number of piperidine rings is 2. The van der Waals surface area contributed by atoms with E-state index in [2.05, 4.69) is 54.8 Å². The molecule has 0 N–H and O–H groups in total. The Bertz CT molecular complexity index is 559. The van der Waals surface area contributed by atoms with Crippen LogP contribution in [0.1, 0.15) is 64.0 Å². The van der Waals surface area contributed by atoms with Gasteiger partial charge in [-0.1, -0.05) is 45.0 Å². The fourth-order valence-corrected chi connectivity index (χ4v) is 4.08. The van der Waals surface area contributed by atoms with Gasteiger partial charge in [0.15, 0.2) is 0 Å².